The molecule has 0 aliphatic rings. The van der Waals surface area contributed by atoms with E-state index in [-0.39, 0.29) is 5.78 Å². The van der Waals surface area contributed by atoms with Gasteiger partial charge in [0.1, 0.15) is 5.82 Å². The molecule has 1 heterocycles. The van der Waals surface area contributed by atoms with Crippen LogP contribution in [0.15, 0.2) is 12.4 Å². The van der Waals surface area contributed by atoms with Gasteiger partial charge in [0, 0.05) is 25.5 Å². The highest BCUT2D eigenvalue weighted by atomic mass is 16.1. The zero-order valence-electron chi connectivity index (χ0n) is 9.66. The summed E-state index contributed by atoms with van der Waals surface area (Å²) in [6.07, 6.45) is 5.01. The summed E-state index contributed by atoms with van der Waals surface area (Å²) in [5.74, 6) is 1.01. The van der Waals surface area contributed by atoms with Gasteiger partial charge in [-0.15, -0.1) is 0 Å². The van der Waals surface area contributed by atoms with Gasteiger partial charge in [-0.2, -0.15) is 0 Å². The predicted molar refractivity (Wildman–Crippen MR) is 59.7 cm³/mol. The molecule has 1 aromatic rings. The summed E-state index contributed by atoms with van der Waals surface area (Å²) in [6.45, 7) is 4.61. The number of carbonyl (C=O) groups excluding carboxylic acids is 1. The quantitative estimate of drug-likeness (QED) is 0.758. The number of nitrogens with zero attached hydrogens (tertiary/aromatic N) is 2. The van der Waals surface area contributed by atoms with Crippen LogP contribution in [0.2, 0.25) is 0 Å². The summed E-state index contributed by atoms with van der Waals surface area (Å²) in [6, 6.07) is 0.398. The molecule has 0 saturated carbocycles. The molecule has 0 bridgehead atoms. The first kappa shape index (κ1) is 11.9. The Hall–Kier alpha value is -1.16. The Balaban J connectivity index is 2.34. The predicted octanol–water partition coefficient (Wildman–Crippen LogP) is 0.920. The van der Waals surface area contributed by atoms with E-state index in [0.717, 1.165) is 12.2 Å². The number of ketones is 1. The Kier molecular flexibility index (Phi) is 4.49. The molecule has 0 saturated heterocycles. The van der Waals surface area contributed by atoms with Crippen LogP contribution in [-0.4, -0.2) is 27.9 Å². The third kappa shape index (κ3) is 3.83. The van der Waals surface area contributed by atoms with Crippen molar-refractivity contribution in [3.05, 3.63) is 18.2 Å². The Morgan fingerprint density at radius 1 is 1.67 bits per heavy atom. The van der Waals surface area contributed by atoms with E-state index in [1.54, 1.807) is 6.20 Å². The van der Waals surface area contributed by atoms with Crippen LogP contribution >= 0.6 is 0 Å². The van der Waals surface area contributed by atoms with Crippen LogP contribution in [0.25, 0.3) is 0 Å². The summed E-state index contributed by atoms with van der Waals surface area (Å²) >= 11 is 0. The topological polar surface area (TPSA) is 46.9 Å². The average Bonchev–Trinajstić information content (AvgIpc) is 2.61. The third-order valence-corrected chi connectivity index (χ3v) is 2.54. The van der Waals surface area contributed by atoms with Gasteiger partial charge in [-0.1, -0.05) is 6.92 Å². The van der Waals surface area contributed by atoms with E-state index in [2.05, 4.69) is 24.1 Å². The van der Waals surface area contributed by atoms with Crippen LogP contribution < -0.4 is 5.32 Å². The van der Waals surface area contributed by atoms with Crippen LogP contribution in [0, 0.1) is 0 Å². The molecular formula is C11H19N3O. The normalized spacial score (nSPS) is 12.7. The van der Waals surface area contributed by atoms with E-state index in [0.29, 0.717) is 19.0 Å². The molecule has 4 nitrogen and oxygen atoms in total. The van der Waals surface area contributed by atoms with E-state index in [9.17, 15) is 4.79 Å². The molecule has 0 fully saturated rings. The van der Waals surface area contributed by atoms with Gasteiger partial charge < -0.3 is 9.88 Å². The monoisotopic (exact) mass is 209 g/mol. The minimum absolute atomic E-state index is 0.185. The van der Waals surface area contributed by atoms with E-state index in [1.165, 1.54) is 0 Å². The number of hydrogen-bond acceptors (Lipinski definition) is 3. The molecule has 4 heteroatoms. The largest absolute Gasteiger partial charge is 0.338 e. The van der Waals surface area contributed by atoms with E-state index < -0.39 is 0 Å². The van der Waals surface area contributed by atoms with Gasteiger partial charge in [0.05, 0.1) is 13.0 Å². The van der Waals surface area contributed by atoms with Crippen molar-refractivity contribution in [2.24, 2.45) is 7.05 Å². The molecule has 0 aromatic carbocycles. The Morgan fingerprint density at radius 2 is 2.40 bits per heavy atom. The minimum Gasteiger partial charge on any atom is -0.338 e. The second-order valence-corrected chi connectivity index (χ2v) is 3.86. The molecule has 0 aliphatic heterocycles. The number of Topliss-reactive ketones (excluding diaryl/α,β-unsaturated/α-hetero) is 1. The maximum atomic E-state index is 11.6. The molecule has 84 valence electrons. The van der Waals surface area contributed by atoms with Crippen LogP contribution in [0.3, 0.4) is 0 Å². The lowest BCUT2D eigenvalue weighted by Gasteiger charge is -2.09. The molecule has 0 aliphatic carbocycles. The van der Waals surface area contributed by atoms with E-state index in [4.69, 9.17) is 0 Å². The maximum Gasteiger partial charge on any atom is 0.154 e. The Morgan fingerprint density at radius 3 is 2.93 bits per heavy atom. The minimum atomic E-state index is 0.185. The molecule has 1 atom stereocenters. The highest BCUT2D eigenvalue weighted by Gasteiger charge is 2.08. The smallest absolute Gasteiger partial charge is 0.154 e. The van der Waals surface area contributed by atoms with Gasteiger partial charge in [-0.3, -0.25) is 4.79 Å². The molecule has 1 N–H and O–H groups in total. The van der Waals surface area contributed by atoms with Crippen LogP contribution in [0.4, 0.5) is 0 Å². The highest BCUT2D eigenvalue weighted by Crippen LogP contribution is 1.96. The second kappa shape index (κ2) is 5.66. The van der Waals surface area contributed by atoms with Gasteiger partial charge in [-0.05, 0) is 13.3 Å². The van der Waals surface area contributed by atoms with Gasteiger partial charge in [0.25, 0.3) is 0 Å². The van der Waals surface area contributed by atoms with Crippen molar-refractivity contribution >= 4 is 5.78 Å². The lowest BCUT2D eigenvalue weighted by molar-refractivity contribution is -0.117. The average molecular weight is 209 g/mol. The second-order valence-electron chi connectivity index (χ2n) is 3.86. The summed E-state index contributed by atoms with van der Waals surface area (Å²) in [4.78, 5) is 15.7. The van der Waals surface area contributed by atoms with Crippen LogP contribution in [0.5, 0.6) is 0 Å². The van der Waals surface area contributed by atoms with Crippen LogP contribution in [-0.2, 0) is 18.3 Å². The number of hydrogen-bond donors (Lipinski definition) is 1. The summed E-state index contributed by atoms with van der Waals surface area (Å²) in [7, 11) is 1.90. The van der Waals surface area contributed by atoms with Gasteiger partial charge in [0.15, 0.2) is 5.78 Å². The van der Waals surface area contributed by atoms with Gasteiger partial charge >= 0.3 is 0 Å². The maximum absolute atomic E-state index is 11.6. The summed E-state index contributed by atoms with van der Waals surface area (Å²) in [5.41, 5.74) is 0. The molecule has 0 amide bonds. The van der Waals surface area contributed by atoms with Crippen molar-refractivity contribution in [1.82, 2.24) is 14.9 Å². The fraction of sp³-hybridized carbons (Fsp3) is 0.636. The molecule has 1 unspecified atom stereocenters. The molecule has 1 rings (SSSR count). The third-order valence-electron chi connectivity index (χ3n) is 2.54. The summed E-state index contributed by atoms with van der Waals surface area (Å²) in [5, 5.41) is 3.18. The Bertz CT molecular complexity index is 319. The lowest BCUT2D eigenvalue weighted by Crippen LogP contribution is -2.31. The first-order valence-corrected chi connectivity index (χ1v) is 5.34. The number of aryl methyl sites for hydroxylation is 1. The number of aromatic nitrogens is 2. The first-order valence-electron chi connectivity index (χ1n) is 5.34. The molecular weight excluding hydrogens is 190 g/mol. The lowest BCUT2D eigenvalue weighted by atomic mass is 10.2. The van der Waals surface area contributed by atoms with Crippen molar-refractivity contribution < 1.29 is 4.79 Å². The van der Waals surface area contributed by atoms with Gasteiger partial charge in [0.2, 0.25) is 0 Å². The van der Waals surface area contributed by atoms with Crippen molar-refractivity contribution in [3.63, 3.8) is 0 Å². The number of carbonyl (C=O) groups is 1. The highest BCUT2D eigenvalue weighted by molar-refractivity contribution is 5.82. The fourth-order valence-corrected chi connectivity index (χ4v) is 1.24. The first-order chi connectivity index (χ1) is 7.13. The van der Waals surface area contributed by atoms with Crippen molar-refractivity contribution in [3.8, 4) is 0 Å². The standard InChI is InChI=1S/C11H19N3O/c1-4-9(2)13-8-10(15)7-11-12-5-6-14(11)3/h5-6,9,13H,4,7-8H2,1-3H3. The zero-order chi connectivity index (χ0) is 11.3. The van der Waals surface area contributed by atoms with Crippen molar-refractivity contribution in [2.75, 3.05) is 6.54 Å². The molecule has 15 heavy (non-hydrogen) atoms. The zero-order valence-corrected chi connectivity index (χ0v) is 9.66. The van der Waals surface area contributed by atoms with E-state index in [1.807, 2.05) is 17.8 Å². The Labute approximate surface area is 90.7 Å². The molecule has 0 spiro atoms. The van der Waals surface area contributed by atoms with Crippen molar-refractivity contribution in [2.45, 2.75) is 32.7 Å². The van der Waals surface area contributed by atoms with Crippen molar-refractivity contribution in [1.29, 1.82) is 0 Å². The number of nitrogens with one attached hydrogen (secondary N) is 1. The number of rotatable bonds is 6. The SMILES string of the molecule is CCC(C)NCC(=O)Cc1nccn1C. The molecule has 1 aromatic heterocycles. The van der Waals surface area contributed by atoms with Gasteiger partial charge in [-0.25, -0.2) is 4.98 Å². The molecule has 0 radical (unpaired) electrons. The van der Waals surface area contributed by atoms with Crippen LogP contribution in [0.1, 0.15) is 26.1 Å². The fourth-order valence-electron chi connectivity index (χ4n) is 1.24. The van der Waals surface area contributed by atoms with E-state index >= 15 is 0 Å². The summed E-state index contributed by atoms with van der Waals surface area (Å²) < 4.78 is 1.88. The number of imidazole rings is 1.